The van der Waals surface area contributed by atoms with E-state index < -0.39 is 0 Å². The molecule has 1 aliphatic rings. The van der Waals surface area contributed by atoms with Gasteiger partial charge in [0.1, 0.15) is 5.00 Å². The number of amides is 2. The molecule has 0 aliphatic heterocycles. The van der Waals surface area contributed by atoms with Crippen molar-refractivity contribution in [3.05, 3.63) is 70.2 Å². The first-order valence-corrected chi connectivity index (χ1v) is 16.6. The minimum absolute atomic E-state index is 0.170. The van der Waals surface area contributed by atoms with Gasteiger partial charge in [-0.1, -0.05) is 24.6 Å². The Morgan fingerprint density at radius 3 is 2.59 bits per heavy atom. The van der Waals surface area contributed by atoms with Gasteiger partial charge in [0.25, 0.3) is 5.91 Å². The molecule has 232 valence electrons. The lowest BCUT2D eigenvalue weighted by atomic mass is 10.1. The van der Waals surface area contributed by atoms with Crippen molar-refractivity contribution < 1.29 is 28.6 Å². The largest absolute Gasteiger partial charge is 0.493 e. The lowest BCUT2D eigenvalue weighted by Crippen LogP contribution is -2.27. The SMILES string of the molecule is CCOC(=O)c1c(NC(=O)CSc2cn(CCNC(=O)c3ccc(OC)c(OC)c3)c3ccccc23)sc2c1CCCCC2. The monoisotopic (exact) mass is 635 g/mol. The number of anilines is 1. The number of aryl methyl sites for hydroxylation is 1. The molecule has 0 unspecified atom stereocenters. The highest BCUT2D eigenvalue weighted by atomic mass is 32.2. The number of benzene rings is 2. The van der Waals surface area contributed by atoms with Gasteiger partial charge in [-0.3, -0.25) is 9.59 Å². The van der Waals surface area contributed by atoms with Gasteiger partial charge in [-0.15, -0.1) is 23.1 Å². The van der Waals surface area contributed by atoms with Gasteiger partial charge < -0.3 is 29.4 Å². The second-order valence-corrected chi connectivity index (χ2v) is 12.5. The Kier molecular flexibility index (Phi) is 10.5. The van der Waals surface area contributed by atoms with Gasteiger partial charge in [0.2, 0.25) is 5.91 Å². The van der Waals surface area contributed by atoms with E-state index in [-0.39, 0.29) is 30.1 Å². The maximum absolute atomic E-state index is 13.2. The van der Waals surface area contributed by atoms with Crippen LogP contribution < -0.4 is 20.1 Å². The molecular formula is C33H37N3O6S2. The number of aromatic nitrogens is 1. The van der Waals surface area contributed by atoms with Crippen LogP contribution in [0.4, 0.5) is 5.00 Å². The van der Waals surface area contributed by atoms with Gasteiger partial charge in [0.05, 0.1) is 32.1 Å². The summed E-state index contributed by atoms with van der Waals surface area (Å²) >= 11 is 2.95. The van der Waals surface area contributed by atoms with Crippen LogP contribution in [0.15, 0.2) is 53.6 Å². The molecule has 9 nitrogen and oxygen atoms in total. The molecule has 5 rings (SSSR count). The zero-order chi connectivity index (χ0) is 31.1. The van der Waals surface area contributed by atoms with Crippen LogP contribution in [-0.4, -0.2) is 55.5 Å². The summed E-state index contributed by atoms with van der Waals surface area (Å²) in [7, 11) is 3.09. The molecule has 4 aromatic rings. The van der Waals surface area contributed by atoms with Crippen molar-refractivity contribution in [3.8, 4) is 11.5 Å². The van der Waals surface area contributed by atoms with Crippen LogP contribution in [0.3, 0.4) is 0 Å². The Bertz CT molecular complexity index is 1660. The fourth-order valence-electron chi connectivity index (χ4n) is 5.44. The molecule has 0 saturated heterocycles. The number of nitrogens with zero attached hydrogens (tertiary/aromatic N) is 1. The molecule has 2 heterocycles. The summed E-state index contributed by atoms with van der Waals surface area (Å²) in [6.07, 6.45) is 7.03. The maximum Gasteiger partial charge on any atom is 0.341 e. The molecule has 2 aromatic carbocycles. The smallest absolute Gasteiger partial charge is 0.341 e. The molecule has 2 aromatic heterocycles. The molecule has 0 radical (unpaired) electrons. The Hall–Kier alpha value is -3.96. The molecular weight excluding hydrogens is 599 g/mol. The Balaban J connectivity index is 1.24. The number of hydrogen-bond acceptors (Lipinski definition) is 8. The van der Waals surface area contributed by atoms with Crippen LogP contribution in [0.5, 0.6) is 11.5 Å². The van der Waals surface area contributed by atoms with Crippen molar-refractivity contribution >= 4 is 56.8 Å². The van der Waals surface area contributed by atoms with Crippen LogP contribution >= 0.6 is 23.1 Å². The quantitative estimate of drug-likeness (QED) is 0.106. The normalized spacial score (nSPS) is 12.7. The molecule has 0 fully saturated rings. The summed E-state index contributed by atoms with van der Waals surface area (Å²) < 4.78 is 18.0. The minimum atomic E-state index is -0.365. The van der Waals surface area contributed by atoms with Gasteiger partial charge in [-0.05, 0) is 62.4 Å². The number of fused-ring (bicyclic) bond motifs is 2. The Morgan fingerprint density at radius 1 is 1.00 bits per heavy atom. The van der Waals surface area contributed by atoms with Gasteiger partial charge in [-0.2, -0.15) is 0 Å². The summed E-state index contributed by atoms with van der Waals surface area (Å²) in [6.45, 7) is 3.04. The summed E-state index contributed by atoms with van der Waals surface area (Å²) in [5.74, 6) is 0.503. The minimum Gasteiger partial charge on any atom is -0.493 e. The molecule has 2 N–H and O–H groups in total. The Morgan fingerprint density at radius 2 is 1.80 bits per heavy atom. The number of carbonyl (C=O) groups excluding carboxylic acids is 3. The van der Waals surface area contributed by atoms with E-state index in [9.17, 15) is 14.4 Å². The first kappa shape index (κ1) is 31.5. The third-order valence-electron chi connectivity index (χ3n) is 7.55. The predicted octanol–water partition coefficient (Wildman–Crippen LogP) is 6.33. The highest BCUT2D eigenvalue weighted by molar-refractivity contribution is 8.00. The van der Waals surface area contributed by atoms with Gasteiger partial charge in [-0.25, -0.2) is 4.79 Å². The van der Waals surface area contributed by atoms with Crippen LogP contribution in [0.1, 0.15) is 57.3 Å². The molecule has 11 heteroatoms. The standard InChI is InChI=1S/C33H37N3O6S2/c1-4-42-33(39)30-23-11-6-5-7-13-27(23)44-32(30)35-29(37)20-43-28-19-36(24-12-9-8-10-22(24)28)17-16-34-31(38)21-14-15-25(40-2)26(18-21)41-3/h8-10,12,14-15,18-19H,4-7,11,13,16-17,20H2,1-3H3,(H,34,38)(H,35,37). The summed E-state index contributed by atoms with van der Waals surface area (Å²) in [6, 6.07) is 13.1. The van der Waals surface area contributed by atoms with Crippen molar-refractivity contribution in [2.75, 3.05) is 38.4 Å². The number of ether oxygens (including phenoxy) is 3. The first-order valence-electron chi connectivity index (χ1n) is 14.8. The number of methoxy groups -OCH3 is 2. The lowest BCUT2D eigenvalue weighted by molar-refractivity contribution is -0.113. The number of thiophene rings is 1. The van der Waals surface area contributed by atoms with E-state index >= 15 is 0 Å². The molecule has 0 atom stereocenters. The van der Waals surface area contributed by atoms with E-state index in [1.165, 1.54) is 35.1 Å². The van der Waals surface area contributed by atoms with Gasteiger partial charge in [0, 0.05) is 45.5 Å². The van der Waals surface area contributed by atoms with E-state index in [2.05, 4.69) is 15.2 Å². The maximum atomic E-state index is 13.2. The highest BCUT2D eigenvalue weighted by Crippen LogP contribution is 2.38. The van der Waals surface area contributed by atoms with Crippen LogP contribution in [0.2, 0.25) is 0 Å². The summed E-state index contributed by atoms with van der Waals surface area (Å²) in [5.41, 5.74) is 3.06. The predicted molar refractivity (Wildman–Crippen MR) is 175 cm³/mol. The van der Waals surface area contributed by atoms with E-state index in [1.807, 2.05) is 30.5 Å². The van der Waals surface area contributed by atoms with Crippen LogP contribution in [-0.2, 0) is 28.9 Å². The fourth-order valence-corrected chi connectivity index (χ4v) is 7.62. The number of hydrogen-bond donors (Lipinski definition) is 2. The van der Waals surface area contributed by atoms with Crippen LogP contribution in [0.25, 0.3) is 10.9 Å². The molecule has 2 amide bonds. The van der Waals surface area contributed by atoms with E-state index in [4.69, 9.17) is 14.2 Å². The average molecular weight is 636 g/mol. The van der Waals surface area contributed by atoms with E-state index in [0.29, 0.717) is 40.7 Å². The van der Waals surface area contributed by atoms with E-state index in [0.717, 1.165) is 53.5 Å². The van der Waals surface area contributed by atoms with Gasteiger partial charge in [0.15, 0.2) is 11.5 Å². The summed E-state index contributed by atoms with van der Waals surface area (Å²) in [4.78, 5) is 41.0. The second kappa shape index (κ2) is 14.7. The fraction of sp³-hybridized carbons (Fsp3) is 0.364. The third kappa shape index (κ3) is 7.05. The molecule has 0 bridgehead atoms. The summed E-state index contributed by atoms with van der Waals surface area (Å²) in [5, 5.41) is 7.61. The first-order chi connectivity index (χ1) is 21.4. The third-order valence-corrected chi connectivity index (χ3v) is 9.80. The number of carbonyl (C=O) groups is 3. The lowest BCUT2D eigenvalue weighted by Gasteiger charge is -2.10. The van der Waals surface area contributed by atoms with Crippen molar-refractivity contribution in [2.24, 2.45) is 0 Å². The molecule has 0 spiro atoms. The number of rotatable bonds is 12. The average Bonchev–Trinajstić information content (AvgIpc) is 3.47. The molecule has 1 aliphatic carbocycles. The van der Waals surface area contributed by atoms with Crippen molar-refractivity contribution in [1.82, 2.24) is 9.88 Å². The van der Waals surface area contributed by atoms with Crippen LogP contribution in [0, 0.1) is 0 Å². The Labute approximate surface area is 265 Å². The van der Waals surface area contributed by atoms with Crippen molar-refractivity contribution in [3.63, 3.8) is 0 Å². The van der Waals surface area contributed by atoms with Gasteiger partial charge >= 0.3 is 5.97 Å². The molecule has 44 heavy (non-hydrogen) atoms. The zero-order valence-corrected chi connectivity index (χ0v) is 26.8. The molecule has 0 saturated carbocycles. The van der Waals surface area contributed by atoms with Crippen molar-refractivity contribution in [1.29, 1.82) is 0 Å². The van der Waals surface area contributed by atoms with E-state index in [1.54, 1.807) is 32.2 Å². The number of thioether (sulfide) groups is 1. The second-order valence-electron chi connectivity index (χ2n) is 10.4. The number of nitrogens with one attached hydrogen (secondary N) is 2. The highest BCUT2D eigenvalue weighted by Gasteiger charge is 2.26. The zero-order valence-electron chi connectivity index (χ0n) is 25.2. The number of esters is 1. The van der Waals surface area contributed by atoms with Crippen molar-refractivity contribution in [2.45, 2.75) is 50.5 Å². The number of para-hydroxylation sites is 1. The topological polar surface area (TPSA) is 108 Å².